The van der Waals surface area contributed by atoms with Crippen LogP contribution in [0.5, 0.6) is 11.5 Å². The van der Waals surface area contributed by atoms with Crippen molar-refractivity contribution in [1.82, 2.24) is 25.1 Å². The second-order valence-corrected chi connectivity index (χ2v) is 8.22. The van der Waals surface area contributed by atoms with Gasteiger partial charge in [0.05, 0.1) is 0 Å². The number of ether oxygens (including phenoxy) is 1. The minimum Gasteiger partial charge on any atom is -0.457 e. The molecule has 0 aliphatic heterocycles. The first-order valence-corrected chi connectivity index (χ1v) is 11.3. The number of para-hydroxylation sites is 1. The summed E-state index contributed by atoms with van der Waals surface area (Å²) in [4.78, 5) is 14.1. The maximum Gasteiger partial charge on any atom is 0.232 e. The maximum atomic E-state index is 6.01. The summed E-state index contributed by atoms with van der Waals surface area (Å²) < 4.78 is 6.01. The zero-order chi connectivity index (χ0) is 22.7. The van der Waals surface area contributed by atoms with Gasteiger partial charge in [0, 0.05) is 28.8 Å². The average molecular weight is 463 g/mol. The quantitative estimate of drug-likeness (QED) is 0.271. The van der Waals surface area contributed by atoms with Gasteiger partial charge in [-0.15, -0.1) is 0 Å². The van der Waals surface area contributed by atoms with Crippen LogP contribution >= 0.6 is 0 Å². The number of anilines is 2. The normalized spacial score (nSPS) is 12.6. The highest BCUT2D eigenvalue weighted by Crippen LogP contribution is 2.39. The van der Waals surface area contributed by atoms with Crippen LogP contribution in [0.2, 0.25) is 0 Å². The van der Waals surface area contributed by atoms with Crippen molar-refractivity contribution >= 4 is 11.8 Å². The molecular weight excluding hydrogens is 436 g/mol. The van der Waals surface area contributed by atoms with Gasteiger partial charge in [0.25, 0.3) is 0 Å². The van der Waals surface area contributed by atoms with Crippen LogP contribution < -0.4 is 10.1 Å². The molecule has 0 bridgehead atoms. The molecule has 1 aliphatic carbocycles. The Morgan fingerprint density at radius 3 is 2.11 bits per heavy atom. The molecule has 0 unspecified atom stereocenters. The minimum atomic E-state index is 0. The van der Waals surface area contributed by atoms with Crippen molar-refractivity contribution in [2.45, 2.75) is 26.2 Å². The van der Waals surface area contributed by atoms with Crippen molar-refractivity contribution in [2.24, 2.45) is 0 Å². The van der Waals surface area contributed by atoms with E-state index in [1.807, 2.05) is 91.0 Å². The van der Waals surface area contributed by atoms with Gasteiger partial charge in [0.1, 0.15) is 11.5 Å². The number of aromatic nitrogens is 5. The van der Waals surface area contributed by atoms with Gasteiger partial charge < -0.3 is 10.1 Å². The summed E-state index contributed by atoms with van der Waals surface area (Å²) in [5, 5.41) is 10.7. The molecule has 6 rings (SSSR count). The average Bonchev–Trinajstić information content (AvgIpc) is 3.64. The molecule has 5 aromatic rings. The van der Waals surface area contributed by atoms with Gasteiger partial charge in [-0.05, 0) is 37.1 Å². The van der Waals surface area contributed by atoms with E-state index in [1.54, 1.807) is 0 Å². The Morgan fingerprint density at radius 2 is 1.37 bits per heavy atom. The summed E-state index contributed by atoms with van der Waals surface area (Å²) in [6.07, 6.45) is 2.41. The second-order valence-electron chi connectivity index (χ2n) is 8.22. The lowest BCUT2D eigenvalue weighted by molar-refractivity contribution is 0.483. The Morgan fingerprint density at radius 1 is 0.714 bits per heavy atom. The summed E-state index contributed by atoms with van der Waals surface area (Å²) in [5.74, 6) is 4.33. The van der Waals surface area contributed by atoms with Crippen LogP contribution in [0, 0.1) is 0 Å². The molecule has 35 heavy (non-hydrogen) atoms. The fourth-order valence-corrected chi connectivity index (χ4v) is 3.72. The molecule has 2 N–H and O–H groups in total. The number of H-pyrrole nitrogens is 1. The van der Waals surface area contributed by atoms with Crippen molar-refractivity contribution in [1.29, 1.82) is 0 Å². The van der Waals surface area contributed by atoms with E-state index in [0.717, 1.165) is 22.6 Å². The summed E-state index contributed by atoms with van der Waals surface area (Å²) in [5.41, 5.74) is 2.88. The molecule has 2 heterocycles. The van der Waals surface area contributed by atoms with Crippen molar-refractivity contribution in [3.63, 3.8) is 0 Å². The molecule has 0 saturated heterocycles. The third-order valence-electron chi connectivity index (χ3n) is 5.59. The van der Waals surface area contributed by atoms with E-state index in [1.165, 1.54) is 12.8 Å². The van der Waals surface area contributed by atoms with Gasteiger partial charge in [-0.25, -0.2) is 4.98 Å². The molecule has 7 nitrogen and oxygen atoms in total. The van der Waals surface area contributed by atoms with Crippen LogP contribution in [-0.2, 0) is 0 Å². The predicted molar refractivity (Wildman–Crippen MR) is 138 cm³/mol. The molecule has 7 heteroatoms. The Balaban J connectivity index is 0.00000253. The first-order chi connectivity index (χ1) is 16.8. The molecule has 1 aliphatic rings. The van der Waals surface area contributed by atoms with Crippen LogP contribution in [0.25, 0.3) is 22.8 Å². The lowest BCUT2D eigenvalue weighted by Gasteiger charge is -2.10. The Labute approximate surface area is 204 Å². The predicted octanol–water partition coefficient (Wildman–Crippen LogP) is 6.98. The Kier molecular flexibility index (Phi) is 6.22. The smallest absolute Gasteiger partial charge is 0.232 e. The van der Waals surface area contributed by atoms with Gasteiger partial charge in [0.2, 0.25) is 5.95 Å². The van der Waals surface area contributed by atoms with Crippen LogP contribution in [-0.4, -0.2) is 25.1 Å². The summed E-state index contributed by atoms with van der Waals surface area (Å²) in [7, 11) is 0. The molecule has 3 aromatic carbocycles. The van der Waals surface area contributed by atoms with E-state index in [-0.39, 0.29) is 7.43 Å². The first-order valence-electron chi connectivity index (χ1n) is 11.3. The van der Waals surface area contributed by atoms with E-state index < -0.39 is 0 Å². The van der Waals surface area contributed by atoms with Crippen molar-refractivity contribution < 1.29 is 4.74 Å². The van der Waals surface area contributed by atoms with Crippen LogP contribution in [0.1, 0.15) is 31.9 Å². The highest BCUT2D eigenvalue weighted by Gasteiger charge is 2.25. The van der Waals surface area contributed by atoms with Crippen LogP contribution in [0.3, 0.4) is 0 Å². The standard InChI is InChI=1S/C27H22N6O.CH4/c1-3-8-19(9-4-1)25-29-26(20-10-7-13-22(16-20)34-21-11-5-2-6-12-21)31-27(30-25)28-24-17-23(32-33-24)18-14-15-18;/h1-13,16-18H,14-15H2,(H2,28,29,30,31,32,33);1H4. The van der Waals surface area contributed by atoms with E-state index in [4.69, 9.17) is 14.7 Å². The molecule has 0 atom stereocenters. The molecule has 1 saturated carbocycles. The molecule has 0 radical (unpaired) electrons. The Hall–Kier alpha value is -4.52. The molecular formula is C28H26N6O. The SMILES string of the molecule is C.c1ccc(Oc2cccc(-c3nc(Nc4cc(C5CC5)[nH]n4)nc(-c4ccccc4)n3)c2)cc1. The van der Waals surface area contributed by atoms with Gasteiger partial charge in [0.15, 0.2) is 17.5 Å². The van der Waals surface area contributed by atoms with E-state index in [9.17, 15) is 0 Å². The molecule has 0 amide bonds. The molecule has 0 spiro atoms. The monoisotopic (exact) mass is 462 g/mol. The molecule has 2 aromatic heterocycles. The number of nitrogens with one attached hydrogen (secondary N) is 2. The minimum absolute atomic E-state index is 0. The zero-order valence-corrected chi connectivity index (χ0v) is 18.3. The van der Waals surface area contributed by atoms with Crippen molar-refractivity contribution in [2.75, 3.05) is 5.32 Å². The van der Waals surface area contributed by atoms with Crippen LogP contribution in [0.15, 0.2) is 91.0 Å². The maximum absolute atomic E-state index is 6.01. The number of rotatable bonds is 7. The number of aromatic amines is 1. The fraction of sp³-hybridized carbons (Fsp3) is 0.143. The number of hydrogen-bond acceptors (Lipinski definition) is 6. The summed E-state index contributed by atoms with van der Waals surface area (Å²) in [6.45, 7) is 0. The van der Waals surface area contributed by atoms with Crippen molar-refractivity contribution in [3.8, 4) is 34.3 Å². The third-order valence-corrected chi connectivity index (χ3v) is 5.59. The van der Waals surface area contributed by atoms with Gasteiger partial charge in [-0.2, -0.15) is 15.1 Å². The van der Waals surface area contributed by atoms with E-state index in [0.29, 0.717) is 35.1 Å². The fourth-order valence-electron chi connectivity index (χ4n) is 3.72. The number of nitrogens with zero attached hydrogens (tertiary/aromatic N) is 4. The zero-order valence-electron chi connectivity index (χ0n) is 18.3. The summed E-state index contributed by atoms with van der Waals surface area (Å²) >= 11 is 0. The van der Waals surface area contributed by atoms with Crippen LogP contribution in [0.4, 0.5) is 11.8 Å². The Bertz CT molecular complexity index is 1410. The van der Waals surface area contributed by atoms with Crippen molar-refractivity contribution in [3.05, 3.63) is 96.7 Å². The lowest BCUT2D eigenvalue weighted by atomic mass is 10.2. The van der Waals surface area contributed by atoms with Gasteiger partial charge in [-0.3, -0.25) is 5.10 Å². The summed E-state index contributed by atoms with van der Waals surface area (Å²) in [6, 6.07) is 29.3. The largest absolute Gasteiger partial charge is 0.457 e. The number of hydrogen-bond donors (Lipinski definition) is 2. The third kappa shape index (κ3) is 5.19. The highest BCUT2D eigenvalue weighted by atomic mass is 16.5. The second kappa shape index (κ2) is 9.77. The van der Waals surface area contributed by atoms with E-state index >= 15 is 0 Å². The molecule has 1 fully saturated rings. The first kappa shape index (κ1) is 22.3. The van der Waals surface area contributed by atoms with Gasteiger partial charge in [-0.1, -0.05) is 68.1 Å². The topological polar surface area (TPSA) is 88.6 Å². The molecule has 174 valence electrons. The lowest BCUT2D eigenvalue weighted by Crippen LogP contribution is -2.03. The number of benzene rings is 3. The van der Waals surface area contributed by atoms with E-state index in [2.05, 4.69) is 20.5 Å². The van der Waals surface area contributed by atoms with Gasteiger partial charge >= 0.3 is 0 Å². The highest BCUT2D eigenvalue weighted by molar-refractivity contribution is 5.65.